The van der Waals surface area contributed by atoms with Gasteiger partial charge in [-0.15, -0.1) is 0 Å². The number of ether oxygens (including phenoxy) is 1. The van der Waals surface area contributed by atoms with Gasteiger partial charge in [0.2, 0.25) is 0 Å². The molecule has 0 bridgehead atoms. The molecule has 0 fully saturated rings. The lowest BCUT2D eigenvalue weighted by Crippen LogP contribution is -2.18. The first-order valence-corrected chi connectivity index (χ1v) is 6.79. The third-order valence-corrected chi connectivity index (χ3v) is 3.89. The summed E-state index contributed by atoms with van der Waals surface area (Å²) in [6.07, 6.45) is 1.45. The van der Waals surface area contributed by atoms with Gasteiger partial charge in [0, 0.05) is 13.6 Å². The molecule has 0 aliphatic rings. The van der Waals surface area contributed by atoms with Crippen LogP contribution in [0.3, 0.4) is 0 Å². The summed E-state index contributed by atoms with van der Waals surface area (Å²) in [4.78, 5) is 10.1. The first-order chi connectivity index (χ1) is 9.11. The predicted molar refractivity (Wildman–Crippen MR) is 79.8 cm³/mol. The highest BCUT2D eigenvalue weighted by Crippen LogP contribution is 2.29. The Bertz CT molecular complexity index is 580. The molecule has 1 heterocycles. The van der Waals surface area contributed by atoms with E-state index in [-0.39, 0.29) is 0 Å². The van der Waals surface area contributed by atoms with E-state index < -0.39 is 0 Å². The number of halogens is 2. The van der Waals surface area contributed by atoms with Crippen molar-refractivity contribution in [2.45, 2.75) is 6.54 Å². The average Bonchev–Trinajstić information content (AvgIpc) is 2.42. The molecular formula is C13H13BrClN3O. The van der Waals surface area contributed by atoms with E-state index >= 15 is 0 Å². The lowest BCUT2D eigenvalue weighted by molar-refractivity contribution is 0.414. The smallest absolute Gasteiger partial charge is 0.148 e. The number of nitrogens with zero attached hydrogens (tertiary/aromatic N) is 3. The highest BCUT2D eigenvalue weighted by Gasteiger charge is 2.11. The summed E-state index contributed by atoms with van der Waals surface area (Å²) in [5.41, 5.74) is 1.13. The third kappa shape index (κ3) is 3.36. The summed E-state index contributed by atoms with van der Waals surface area (Å²) >= 11 is 9.36. The van der Waals surface area contributed by atoms with Crippen molar-refractivity contribution in [3.05, 3.63) is 45.8 Å². The zero-order chi connectivity index (χ0) is 13.8. The van der Waals surface area contributed by atoms with E-state index in [1.165, 1.54) is 6.33 Å². The summed E-state index contributed by atoms with van der Waals surface area (Å²) in [6, 6.07) is 7.91. The van der Waals surface area contributed by atoms with Crippen LogP contribution < -0.4 is 9.64 Å². The second-order valence-corrected chi connectivity index (χ2v) is 5.16. The van der Waals surface area contributed by atoms with Gasteiger partial charge in [-0.25, -0.2) is 9.97 Å². The number of benzene rings is 1. The molecule has 100 valence electrons. The third-order valence-electron chi connectivity index (χ3n) is 2.64. The molecule has 0 N–H and O–H groups in total. The van der Waals surface area contributed by atoms with Crippen molar-refractivity contribution < 1.29 is 4.74 Å². The van der Waals surface area contributed by atoms with Gasteiger partial charge >= 0.3 is 0 Å². The van der Waals surface area contributed by atoms with E-state index in [4.69, 9.17) is 16.3 Å². The first kappa shape index (κ1) is 14.1. The Morgan fingerprint density at radius 2 is 2.16 bits per heavy atom. The average molecular weight is 343 g/mol. The lowest BCUT2D eigenvalue weighted by atomic mass is 10.2. The highest BCUT2D eigenvalue weighted by molar-refractivity contribution is 9.10. The molecule has 0 unspecified atom stereocenters. The molecule has 6 heteroatoms. The second kappa shape index (κ2) is 6.21. The van der Waals surface area contributed by atoms with Crippen LogP contribution in [0.25, 0.3) is 0 Å². The SMILES string of the molecule is COc1cccc(CN(C)c2ncnc(Cl)c2Br)c1. The van der Waals surface area contributed by atoms with Crippen LogP contribution in [0.15, 0.2) is 35.1 Å². The summed E-state index contributed by atoms with van der Waals surface area (Å²) in [5, 5.41) is 0.405. The first-order valence-electron chi connectivity index (χ1n) is 5.62. The van der Waals surface area contributed by atoms with E-state index in [0.717, 1.165) is 17.1 Å². The monoisotopic (exact) mass is 341 g/mol. The number of rotatable bonds is 4. The summed E-state index contributed by atoms with van der Waals surface area (Å²) < 4.78 is 5.91. The van der Waals surface area contributed by atoms with Crippen LogP contribution in [0, 0.1) is 0 Å². The quantitative estimate of drug-likeness (QED) is 0.797. The molecule has 2 rings (SSSR count). The molecule has 1 aromatic heterocycles. The second-order valence-electron chi connectivity index (χ2n) is 4.01. The number of hydrogen-bond acceptors (Lipinski definition) is 4. The van der Waals surface area contributed by atoms with E-state index in [1.807, 2.05) is 36.2 Å². The van der Waals surface area contributed by atoms with Crippen LogP contribution in [0.4, 0.5) is 5.82 Å². The largest absolute Gasteiger partial charge is 0.497 e. The molecule has 4 nitrogen and oxygen atoms in total. The molecule has 2 aromatic rings. The van der Waals surface area contributed by atoms with Crippen molar-refractivity contribution in [2.75, 3.05) is 19.1 Å². The highest BCUT2D eigenvalue weighted by atomic mass is 79.9. The molecular weight excluding hydrogens is 330 g/mol. The molecule has 0 saturated heterocycles. The Morgan fingerprint density at radius 1 is 1.37 bits per heavy atom. The van der Waals surface area contributed by atoms with Crippen LogP contribution in [-0.4, -0.2) is 24.1 Å². The number of methoxy groups -OCH3 is 1. The van der Waals surface area contributed by atoms with Gasteiger partial charge < -0.3 is 9.64 Å². The molecule has 0 aliphatic carbocycles. The van der Waals surface area contributed by atoms with Crippen LogP contribution in [0.2, 0.25) is 5.15 Å². The Balaban J connectivity index is 2.20. The molecule has 0 spiro atoms. The van der Waals surface area contributed by atoms with E-state index in [0.29, 0.717) is 16.2 Å². The predicted octanol–water partition coefficient (Wildman–Crippen LogP) is 3.54. The fraction of sp³-hybridized carbons (Fsp3) is 0.231. The minimum atomic E-state index is 0.405. The maximum absolute atomic E-state index is 5.96. The number of aromatic nitrogens is 2. The topological polar surface area (TPSA) is 38.2 Å². The molecule has 0 saturated carbocycles. The molecule has 1 aromatic carbocycles. The van der Waals surface area contributed by atoms with Crippen LogP contribution in [0.5, 0.6) is 5.75 Å². The standard InChI is InChI=1S/C13H13BrClN3O/c1-18(13-11(14)12(15)16-8-17-13)7-9-4-3-5-10(6-9)19-2/h3-6,8H,7H2,1-2H3. The lowest BCUT2D eigenvalue weighted by Gasteiger charge is -2.19. The molecule has 0 atom stereocenters. The van der Waals surface area contributed by atoms with Gasteiger partial charge in [0.1, 0.15) is 23.0 Å². The van der Waals surface area contributed by atoms with Crippen LogP contribution >= 0.6 is 27.5 Å². The summed E-state index contributed by atoms with van der Waals surface area (Å²) in [5.74, 6) is 1.59. The van der Waals surface area contributed by atoms with E-state index in [1.54, 1.807) is 7.11 Å². The van der Waals surface area contributed by atoms with Crippen molar-refractivity contribution >= 4 is 33.3 Å². The molecule has 0 amide bonds. The Hall–Kier alpha value is -1.33. The number of anilines is 1. The van der Waals surface area contributed by atoms with E-state index in [2.05, 4.69) is 25.9 Å². The molecule has 0 aliphatic heterocycles. The Kier molecular flexibility index (Phi) is 4.61. The van der Waals surface area contributed by atoms with Gasteiger partial charge in [-0.2, -0.15) is 0 Å². The Morgan fingerprint density at radius 3 is 2.89 bits per heavy atom. The fourth-order valence-electron chi connectivity index (χ4n) is 1.73. The zero-order valence-corrected chi connectivity index (χ0v) is 12.9. The van der Waals surface area contributed by atoms with Crippen molar-refractivity contribution in [2.24, 2.45) is 0 Å². The van der Waals surface area contributed by atoms with Gasteiger partial charge in [-0.05, 0) is 33.6 Å². The maximum Gasteiger partial charge on any atom is 0.148 e. The minimum Gasteiger partial charge on any atom is -0.497 e. The van der Waals surface area contributed by atoms with Crippen LogP contribution in [0.1, 0.15) is 5.56 Å². The van der Waals surface area contributed by atoms with Crippen molar-refractivity contribution in [1.29, 1.82) is 0 Å². The summed E-state index contributed by atoms with van der Waals surface area (Å²) in [7, 11) is 3.60. The minimum absolute atomic E-state index is 0.405. The van der Waals surface area contributed by atoms with Gasteiger partial charge in [0.25, 0.3) is 0 Å². The van der Waals surface area contributed by atoms with Crippen molar-refractivity contribution in [3.63, 3.8) is 0 Å². The van der Waals surface area contributed by atoms with Gasteiger partial charge in [-0.3, -0.25) is 0 Å². The van der Waals surface area contributed by atoms with Gasteiger partial charge in [-0.1, -0.05) is 23.7 Å². The van der Waals surface area contributed by atoms with Crippen molar-refractivity contribution in [3.8, 4) is 5.75 Å². The Labute approximate surface area is 125 Å². The molecule has 0 radical (unpaired) electrons. The van der Waals surface area contributed by atoms with Gasteiger partial charge in [0.05, 0.1) is 11.6 Å². The normalized spacial score (nSPS) is 10.3. The van der Waals surface area contributed by atoms with Crippen LogP contribution in [-0.2, 0) is 6.54 Å². The molecule has 19 heavy (non-hydrogen) atoms. The zero-order valence-electron chi connectivity index (χ0n) is 10.6. The fourth-order valence-corrected chi connectivity index (χ4v) is 2.36. The number of hydrogen-bond donors (Lipinski definition) is 0. The van der Waals surface area contributed by atoms with E-state index in [9.17, 15) is 0 Å². The summed E-state index contributed by atoms with van der Waals surface area (Å²) in [6.45, 7) is 0.698. The van der Waals surface area contributed by atoms with Gasteiger partial charge in [0.15, 0.2) is 0 Å². The maximum atomic E-state index is 5.96. The van der Waals surface area contributed by atoms with Crippen molar-refractivity contribution in [1.82, 2.24) is 9.97 Å².